The van der Waals surface area contributed by atoms with E-state index in [1.54, 1.807) is 6.07 Å². The van der Waals surface area contributed by atoms with Gasteiger partial charge >= 0.3 is 5.69 Å². The Bertz CT molecular complexity index is 1340. The Morgan fingerprint density at radius 1 is 1.00 bits per heavy atom. The number of nitrogens with zero attached hydrogens (tertiary/aromatic N) is 2. The van der Waals surface area contributed by atoms with Gasteiger partial charge in [0.25, 0.3) is 0 Å². The van der Waals surface area contributed by atoms with Crippen LogP contribution in [-0.2, 0) is 0 Å². The molecule has 1 fully saturated rings. The van der Waals surface area contributed by atoms with E-state index in [0.717, 1.165) is 60.9 Å². The summed E-state index contributed by atoms with van der Waals surface area (Å²) in [5, 5.41) is 0.610. The lowest BCUT2D eigenvalue weighted by molar-refractivity contribution is 0.124. The number of H-pyrrole nitrogens is 1. The number of imidazole rings is 1. The van der Waals surface area contributed by atoms with Crippen molar-refractivity contribution in [2.24, 2.45) is 0 Å². The number of likely N-dealkylation sites (tertiary alicyclic amines) is 1. The number of halogens is 3. The summed E-state index contributed by atoms with van der Waals surface area (Å²) >= 11 is 6.10. The molecule has 4 nitrogen and oxygen atoms in total. The lowest BCUT2D eigenvalue weighted by Crippen LogP contribution is -2.43. The Labute approximate surface area is 214 Å². The van der Waals surface area contributed by atoms with Gasteiger partial charge in [0, 0.05) is 29.6 Å². The second-order valence-electron chi connectivity index (χ2n) is 9.82. The summed E-state index contributed by atoms with van der Waals surface area (Å²) in [6.07, 6.45) is 3.64. The largest absolute Gasteiger partial charge is 0.326 e. The molecule has 1 aliphatic heterocycles. The van der Waals surface area contributed by atoms with Crippen molar-refractivity contribution in [1.82, 2.24) is 14.5 Å². The molecule has 2 heterocycles. The van der Waals surface area contributed by atoms with Crippen LogP contribution in [0.5, 0.6) is 0 Å². The highest BCUT2D eigenvalue weighted by Crippen LogP contribution is 2.32. The number of hydrogen-bond donors (Lipinski definition) is 1. The second-order valence-corrected chi connectivity index (χ2v) is 10.3. The monoisotopic (exact) mass is 509 g/mol. The van der Waals surface area contributed by atoms with Crippen molar-refractivity contribution in [3.05, 3.63) is 105 Å². The van der Waals surface area contributed by atoms with Crippen molar-refractivity contribution in [2.75, 3.05) is 13.1 Å². The summed E-state index contributed by atoms with van der Waals surface area (Å²) in [5.74, 6) is -0.438. The lowest BCUT2D eigenvalue weighted by atomic mass is 9.87. The van der Waals surface area contributed by atoms with Crippen molar-refractivity contribution in [1.29, 1.82) is 0 Å². The minimum Gasteiger partial charge on any atom is -0.305 e. The van der Waals surface area contributed by atoms with E-state index in [2.05, 4.69) is 16.8 Å². The Hall–Kier alpha value is -2.96. The average Bonchev–Trinajstić information content (AvgIpc) is 3.19. The van der Waals surface area contributed by atoms with Gasteiger partial charge in [-0.25, -0.2) is 13.6 Å². The first-order valence-corrected chi connectivity index (χ1v) is 12.9. The van der Waals surface area contributed by atoms with Crippen LogP contribution >= 0.6 is 11.6 Å². The maximum absolute atomic E-state index is 13.5. The maximum Gasteiger partial charge on any atom is 0.326 e. The standard InChI is InChI=1S/C29H30ClF2N3O/c1-19-17-25(35-28-13-8-22(30)18-27(28)33-29(35)36)14-16-34(19)15-2-3-26(20-4-9-23(31)10-5-20)21-6-11-24(32)12-7-21/h4-13,18-19,25-26H,2-3,14-17H2,1H3,(H,33,36). The average molecular weight is 510 g/mol. The third-order valence-electron chi connectivity index (χ3n) is 7.51. The summed E-state index contributed by atoms with van der Waals surface area (Å²) in [4.78, 5) is 18.1. The molecule has 0 bridgehead atoms. The molecule has 0 amide bonds. The molecular formula is C29H30ClF2N3O. The fraction of sp³-hybridized carbons (Fsp3) is 0.345. The summed E-state index contributed by atoms with van der Waals surface area (Å²) in [5.41, 5.74) is 3.66. The van der Waals surface area contributed by atoms with E-state index in [0.29, 0.717) is 11.1 Å². The Morgan fingerprint density at radius 2 is 1.64 bits per heavy atom. The molecule has 7 heteroatoms. The van der Waals surface area contributed by atoms with Crippen LogP contribution in [0.25, 0.3) is 11.0 Å². The van der Waals surface area contributed by atoms with E-state index in [1.807, 2.05) is 41.0 Å². The van der Waals surface area contributed by atoms with Crippen molar-refractivity contribution < 1.29 is 8.78 Å². The van der Waals surface area contributed by atoms with E-state index in [1.165, 1.54) is 24.3 Å². The third kappa shape index (κ3) is 5.25. The van der Waals surface area contributed by atoms with Gasteiger partial charge in [-0.15, -0.1) is 0 Å². The number of rotatable bonds is 7. The fourth-order valence-corrected chi connectivity index (χ4v) is 5.81. The first-order valence-electron chi connectivity index (χ1n) is 12.5. The fourth-order valence-electron chi connectivity index (χ4n) is 5.64. The molecule has 1 N–H and O–H groups in total. The van der Waals surface area contributed by atoms with Crippen LogP contribution in [0.2, 0.25) is 5.02 Å². The topological polar surface area (TPSA) is 41.0 Å². The number of benzene rings is 3. The van der Waals surface area contributed by atoms with Crippen LogP contribution in [0.1, 0.15) is 55.7 Å². The molecule has 0 aliphatic carbocycles. The Balaban J connectivity index is 1.24. The Morgan fingerprint density at radius 3 is 2.25 bits per heavy atom. The molecule has 5 rings (SSSR count). The van der Waals surface area contributed by atoms with Crippen LogP contribution in [0.3, 0.4) is 0 Å². The number of hydrogen-bond acceptors (Lipinski definition) is 2. The van der Waals surface area contributed by atoms with Crippen molar-refractivity contribution in [3.8, 4) is 0 Å². The van der Waals surface area contributed by atoms with Crippen LogP contribution in [0.15, 0.2) is 71.5 Å². The van der Waals surface area contributed by atoms with Gasteiger partial charge in [-0.3, -0.25) is 4.57 Å². The van der Waals surface area contributed by atoms with Gasteiger partial charge in [0.15, 0.2) is 0 Å². The molecule has 1 aliphatic rings. The van der Waals surface area contributed by atoms with E-state index < -0.39 is 0 Å². The normalized spacial score (nSPS) is 18.8. The van der Waals surface area contributed by atoms with Gasteiger partial charge in [0.1, 0.15) is 11.6 Å². The van der Waals surface area contributed by atoms with Crippen LogP contribution < -0.4 is 5.69 Å². The minimum atomic E-state index is -0.259. The molecule has 2 unspecified atom stereocenters. The summed E-state index contributed by atoms with van der Waals surface area (Å²) in [6.45, 7) is 4.07. The molecule has 0 saturated carbocycles. The van der Waals surface area contributed by atoms with Gasteiger partial charge in [-0.2, -0.15) is 0 Å². The minimum absolute atomic E-state index is 0.0793. The number of fused-ring (bicyclic) bond motifs is 1. The quantitative estimate of drug-likeness (QED) is 0.294. The zero-order chi connectivity index (χ0) is 25.2. The number of piperidine rings is 1. The molecule has 2 atom stereocenters. The number of nitrogens with one attached hydrogen (secondary N) is 1. The van der Waals surface area contributed by atoms with E-state index >= 15 is 0 Å². The van der Waals surface area contributed by atoms with Gasteiger partial charge in [-0.1, -0.05) is 35.9 Å². The highest BCUT2D eigenvalue weighted by atomic mass is 35.5. The Kier molecular flexibility index (Phi) is 7.26. The first kappa shape index (κ1) is 24.7. The van der Waals surface area contributed by atoms with Gasteiger partial charge < -0.3 is 9.88 Å². The third-order valence-corrected chi connectivity index (χ3v) is 7.75. The molecular weight excluding hydrogens is 480 g/mol. The van der Waals surface area contributed by atoms with Crippen molar-refractivity contribution >= 4 is 22.6 Å². The smallest absolute Gasteiger partial charge is 0.305 e. The molecule has 0 spiro atoms. The first-order chi connectivity index (χ1) is 17.4. The zero-order valence-corrected chi connectivity index (χ0v) is 21.0. The highest BCUT2D eigenvalue weighted by molar-refractivity contribution is 6.31. The van der Waals surface area contributed by atoms with Gasteiger partial charge in [-0.05, 0) is 92.7 Å². The summed E-state index contributed by atoms with van der Waals surface area (Å²) in [6, 6.07) is 19.2. The molecule has 1 saturated heterocycles. The number of aromatic nitrogens is 2. The number of aromatic amines is 1. The maximum atomic E-state index is 13.5. The predicted molar refractivity (Wildman–Crippen MR) is 141 cm³/mol. The van der Waals surface area contributed by atoms with Crippen LogP contribution in [0, 0.1) is 11.6 Å². The lowest BCUT2D eigenvalue weighted by Gasteiger charge is -2.38. The predicted octanol–water partition coefficient (Wildman–Crippen LogP) is 6.90. The SMILES string of the molecule is CC1CC(n2c(=O)[nH]c3cc(Cl)ccc32)CCN1CCCC(c1ccc(F)cc1)c1ccc(F)cc1. The second kappa shape index (κ2) is 10.6. The van der Waals surface area contributed by atoms with E-state index in [-0.39, 0.29) is 29.3 Å². The van der Waals surface area contributed by atoms with Crippen molar-refractivity contribution in [2.45, 2.75) is 50.6 Å². The van der Waals surface area contributed by atoms with Gasteiger partial charge in [0.05, 0.1) is 11.0 Å². The summed E-state index contributed by atoms with van der Waals surface area (Å²) in [7, 11) is 0. The highest BCUT2D eigenvalue weighted by Gasteiger charge is 2.28. The van der Waals surface area contributed by atoms with Crippen LogP contribution in [0.4, 0.5) is 8.78 Å². The van der Waals surface area contributed by atoms with Gasteiger partial charge in [0.2, 0.25) is 0 Å². The van der Waals surface area contributed by atoms with Crippen molar-refractivity contribution in [3.63, 3.8) is 0 Å². The summed E-state index contributed by atoms with van der Waals surface area (Å²) < 4.78 is 28.9. The zero-order valence-electron chi connectivity index (χ0n) is 20.3. The molecule has 4 aromatic rings. The van der Waals surface area contributed by atoms with E-state index in [9.17, 15) is 13.6 Å². The van der Waals surface area contributed by atoms with Crippen LogP contribution in [-0.4, -0.2) is 33.6 Å². The molecule has 3 aromatic carbocycles. The molecule has 0 radical (unpaired) electrons. The van der Waals surface area contributed by atoms with E-state index in [4.69, 9.17) is 11.6 Å². The molecule has 1 aromatic heterocycles. The molecule has 188 valence electrons. The molecule has 36 heavy (non-hydrogen) atoms.